The minimum atomic E-state index is -0.0552. The molecule has 0 saturated heterocycles. The number of rotatable bonds is 2. The fourth-order valence-corrected chi connectivity index (χ4v) is 2.69. The van der Waals surface area contributed by atoms with Crippen LogP contribution in [0.5, 0.6) is 5.75 Å². The maximum Gasteiger partial charge on any atom is 0.194 e. The number of aryl methyl sites for hydroxylation is 1. The van der Waals surface area contributed by atoms with Crippen molar-refractivity contribution in [2.75, 3.05) is 0 Å². The normalized spacial score (nSPS) is 16.6. The molecule has 0 fully saturated rings. The van der Waals surface area contributed by atoms with Crippen LogP contribution < -0.4 is 4.74 Å². The lowest BCUT2D eigenvalue weighted by atomic mass is 9.93. The summed E-state index contributed by atoms with van der Waals surface area (Å²) in [5.41, 5.74) is 2.48. The number of ether oxygens (including phenoxy) is 1. The highest BCUT2D eigenvalue weighted by Gasteiger charge is 2.26. The molecular formula is C15H19N3OS. The highest BCUT2D eigenvalue weighted by atomic mass is 32.1. The predicted octanol–water partition coefficient (Wildman–Crippen LogP) is 3.17. The lowest BCUT2D eigenvalue weighted by molar-refractivity contribution is 0.0846. The Morgan fingerprint density at radius 1 is 1.45 bits per heavy atom. The molecule has 4 nitrogen and oxygen atoms in total. The molecule has 0 spiro atoms. The molecule has 0 unspecified atom stereocenters. The van der Waals surface area contributed by atoms with Gasteiger partial charge in [0.25, 0.3) is 0 Å². The Hall–Kier alpha value is -1.62. The number of aromatic nitrogens is 3. The average molecular weight is 289 g/mol. The second kappa shape index (κ2) is 4.74. The molecule has 0 radical (unpaired) electrons. The molecule has 0 saturated carbocycles. The van der Waals surface area contributed by atoms with Crippen LogP contribution >= 0.6 is 12.2 Å². The summed E-state index contributed by atoms with van der Waals surface area (Å²) in [5, 5.41) is 7.08. The molecule has 1 aliphatic heterocycles. The maximum atomic E-state index is 6.01. The highest BCUT2D eigenvalue weighted by Crippen LogP contribution is 2.33. The zero-order valence-electron chi connectivity index (χ0n) is 12.1. The van der Waals surface area contributed by atoms with Gasteiger partial charge in [-0.05, 0) is 56.1 Å². The van der Waals surface area contributed by atoms with E-state index in [0.29, 0.717) is 4.77 Å². The number of H-pyrrole nitrogens is 1. The lowest BCUT2D eigenvalue weighted by Crippen LogP contribution is -2.32. The molecule has 0 aliphatic carbocycles. The Morgan fingerprint density at radius 2 is 2.25 bits per heavy atom. The first-order valence-electron chi connectivity index (χ1n) is 6.86. The topological polar surface area (TPSA) is 42.8 Å². The van der Waals surface area contributed by atoms with E-state index >= 15 is 0 Å². The van der Waals surface area contributed by atoms with Crippen molar-refractivity contribution >= 4 is 12.2 Å². The minimum absolute atomic E-state index is 0.0552. The van der Waals surface area contributed by atoms with Crippen molar-refractivity contribution in [1.82, 2.24) is 14.8 Å². The number of nitrogens with one attached hydrogen (secondary N) is 1. The summed E-state index contributed by atoms with van der Waals surface area (Å²) in [6, 6.07) is 6.41. The van der Waals surface area contributed by atoms with Gasteiger partial charge in [0.1, 0.15) is 17.2 Å². The second-order valence-electron chi connectivity index (χ2n) is 5.98. The number of hydrogen-bond donors (Lipinski definition) is 1. The quantitative estimate of drug-likeness (QED) is 0.864. The van der Waals surface area contributed by atoms with E-state index in [0.717, 1.165) is 30.8 Å². The summed E-state index contributed by atoms with van der Waals surface area (Å²) in [6.07, 6.45) is 2.89. The summed E-state index contributed by atoms with van der Waals surface area (Å²) >= 11 is 5.14. The summed E-state index contributed by atoms with van der Waals surface area (Å²) in [6.45, 7) is 4.28. The molecule has 0 bridgehead atoms. The Kier molecular flexibility index (Phi) is 3.17. The van der Waals surface area contributed by atoms with Crippen molar-refractivity contribution in [1.29, 1.82) is 0 Å². The molecule has 2 aromatic rings. The number of aromatic amines is 1. The van der Waals surface area contributed by atoms with E-state index in [1.54, 1.807) is 0 Å². The second-order valence-corrected chi connectivity index (χ2v) is 6.37. The van der Waals surface area contributed by atoms with Gasteiger partial charge in [0, 0.05) is 13.5 Å². The summed E-state index contributed by atoms with van der Waals surface area (Å²) in [5.74, 6) is 1.97. The van der Waals surface area contributed by atoms with E-state index in [1.807, 2.05) is 11.6 Å². The van der Waals surface area contributed by atoms with Crippen molar-refractivity contribution < 1.29 is 4.74 Å². The zero-order valence-corrected chi connectivity index (χ0v) is 12.9. The molecule has 1 aliphatic rings. The van der Waals surface area contributed by atoms with Crippen LogP contribution in [0.15, 0.2) is 18.2 Å². The Balaban J connectivity index is 1.87. The standard InChI is InChI=1S/C15H19N3OS/c1-15(2)7-6-11-8-10(4-5-12(11)19-15)9-13-16-17-14(20)18(13)3/h4-5,8H,6-7,9H2,1-3H3,(H,17,20). The van der Waals surface area contributed by atoms with Crippen LogP contribution in [0.2, 0.25) is 0 Å². The third-order valence-electron chi connectivity index (χ3n) is 3.84. The maximum absolute atomic E-state index is 6.01. The van der Waals surface area contributed by atoms with Crippen molar-refractivity contribution in [3.8, 4) is 5.75 Å². The minimum Gasteiger partial charge on any atom is -0.488 e. The largest absolute Gasteiger partial charge is 0.488 e. The van der Waals surface area contributed by atoms with Crippen LogP contribution in [-0.2, 0) is 19.9 Å². The van der Waals surface area contributed by atoms with E-state index in [9.17, 15) is 0 Å². The van der Waals surface area contributed by atoms with Gasteiger partial charge in [0.15, 0.2) is 4.77 Å². The summed E-state index contributed by atoms with van der Waals surface area (Å²) in [7, 11) is 1.94. The predicted molar refractivity (Wildman–Crippen MR) is 80.7 cm³/mol. The molecular weight excluding hydrogens is 270 g/mol. The van der Waals surface area contributed by atoms with Gasteiger partial charge >= 0.3 is 0 Å². The number of nitrogens with zero attached hydrogens (tertiary/aromatic N) is 2. The van der Waals surface area contributed by atoms with Crippen molar-refractivity contribution in [2.24, 2.45) is 7.05 Å². The molecule has 106 valence electrons. The molecule has 0 atom stereocenters. The molecule has 1 N–H and O–H groups in total. The van der Waals surface area contributed by atoms with Crippen molar-refractivity contribution in [2.45, 2.75) is 38.7 Å². The van der Waals surface area contributed by atoms with Gasteiger partial charge < -0.3 is 9.30 Å². The number of fused-ring (bicyclic) bond motifs is 1. The first-order valence-corrected chi connectivity index (χ1v) is 7.26. The number of benzene rings is 1. The van der Waals surface area contributed by atoms with E-state index in [4.69, 9.17) is 17.0 Å². The zero-order chi connectivity index (χ0) is 14.3. The Morgan fingerprint density at radius 3 is 2.95 bits per heavy atom. The molecule has 20 heavy (non-hydrogen) atoms. The summed E-state index contributed by atoms with van der Waals surface area (Å²) in [4.78, 5) is 0. The van der Waals surface area contributed by atoms with Gasteiger partial charge in [-0.2, -0.15) is 5.10 Å². The number of hydrogen-bond acceptors (Lipinski definition) is 3. The van der Waals surface area contributed by atoms with Crippen LogP contribution in [0.4, 0.5) is 0 Å². The van der Waals surface area contributed by atoms with Crippen molar-refractivity contribution in [3.63, 3.8) is 0 Å². The van der Waals surface area contributed by atoms with Crippen LogP contribution in [0.1, 0.15) is 37.2 Å². The van der Waals surface area contributed by atoms with E-state index in [-0.39, 0.29) is 5.60 Å². The summed E-state index contributed by atoms with van der Waals surface area (Å²) < 4.78 is 8.58. The average Bonchev–Trinajstić information content (AvgIpc) is 2.70. The third kappa shape index (κ3) is 2.50. The first kappa shape index (κ1) is 13.4. The van der Waals surface area contributed by atoms with Crippen molar-refractivity contribution in [3.05, 3.63) is 39.9 Å². The Bertz CT molecular complexity index is 699. The van der Waals surface area contributed by atoms with E-state index in [2.05, 4.69) is 42.2 Å². The van der Waals surface area contributed by atoms with Gasteiger partial charge in [0.05, 0.1) is 0 Å². The highest BCUT2D eigenvalue weighted by molar-refractivity contribution is 7.71. The molecule has 1 aromatic carbocycles. The lowest BCUT2D eigenvalue weighted by Gasteiger charge is -2.32. The van der Waals surface area contributed by atoms with Crippen LogP contribution in [0, 0.1) is 4.77 Å². The van der Waals surface area contributed by atoms with E-state index in [1.165, 1.54) is 11.1 Å². The van der Waals surface area contributed by atoms with Gasteiger partial charge in [-0.25, -0.2) is 0 Å². The van der Waals surface area contributed by atoms with Crippen LogP contribution in [0.25, 0.3) is 0 Å². The van der Waals surface area contributed by atoms with E-state index < -0.39 is 0 Å². The monoisotopic (exact) mass is 289 g/mol. The van der Waals surface area contributed by atoms with Gasteiger partial charge in [-0.3, -0.25) is 5.10 Å². The molecule has 1 aromatic heterocycles. The van der Waals surface area contributed by atoms with Gasteiger partial charge in [-0.15, -0.1) is 0 Å². The smallest absolute Gasteiger partial charge is 0.194 e. The third-order valence-corrected chi connectivity index (χ3v) is 4.21. The van der Waals surface area contributed by atoms with Gasteiger partial charge in [0.2, 0.25) is 0 Å². The molecule has 2 heterocycles. The first-order chi connectivity index (χ1) is 9.44. The Labute approximate surface area is 123 Å². The van der Waals surface area contributed by atoms with Crippen LogP contribution in [-0.4, -0.2) is 20.4 Å². The fraction of sp³-hybridized carbons (Fsp3) is 0.467. The van der Waals surface area contributed by atoms with Crippen LogP contribution in [0.3, 0.4) is 0 Å². The SMILES string of the molecule is Cn1c(Cc2ccc3c(c2)CCC(C)(C)O3)n[nH]c1=S. The fourth-order valence-electron chi connectivity index (χ4n) is 2.54. The molecule has 0 amide bonds. The van der Waals surface area contributed by atoms with Gasteiger partial charge in [-0.1, -0.05) is 12.1 Å². The molecule has 5 heteroatoms. The molecule has 3 rings (SSSR count).